The Morgan fingerprint density at radius 2 is 1.19 bits per heavy atom. The van der Waals surface area contributed by atoms with Crippen LogP contribution in [0.3, 0.4) is 0 Å². The van der Waals surface area contributed by atoms with Crippen molar-refractivity contribution in [2.24, 2.45) is 5.41 Å². The minimum Gasteiger partial charge on any atom is -0.463 e. The van der Waals surface area contributed by atoms with E-state index in [4.69, 9.17) is 42.6 Å². The van der Waals surface area contributed by atoms with Gasteiger partial charge >= 0.3 is 23.9 Å². The number of amides is 2. The van der Waals surface area contributed by atoms with Gasteiger partial charge in [-0.1, -0.05) is 79.7 Å². The van der Waals surface area contributed by atoms with Gasteiger partial charge in [-0.05, 0) is 49.8 Å². The molecule has 0 unspecified atom stereocenters. The molecule has 16 nitrogen and oxygen atoms in total. The van der Waals surface area contributed by atoms with Crippen molar-refractivity contribution < 1.29 is 71.4 Å². The van der Waals surface area contributed by atoms with Gasteiger partial charge in [-0.2, -0.15) is 0 Å². The Hall–Kier alpha value is -5.17. The summed E-state index contributed by atoms with van der Waals surface area (Å²) >= 11 is 1.36. The molecule has 0 radical (unpaired) electrons. The number of thioether (sulfide) groups is 1. The van der Waals surface area contributed by atoms with Gasteiger partial charge in [0.2, 0.25) is 0 Å². The van der Waals surface area contributed by atoms with E-state index in [1.165, 1.54) is 18.7 Å². The standard InChI is InChI=1S/C47H55NO15S/c1-8-64-45-36(48-42(52)32-21-15-16-22-33(32)43(48)53)39(57-24-31-19-13-10-14-20-31)37(34(61-45)25-55-23-30-17-11-9-12-18-30)62-44-41(63-46(54)47(5,6)7)40(59-29(4)51)38(58-28(3)50)35(60-44)26-56-27(2)49/h9-22,34-41,44-45H,8,23-26H2,1-7H3/t34-,35-,36-,37-,38+,39-,40+,41-,44+,45+/m1/s1. The Balaban J connectivity index is 1.50. The molecule has 17 heteroatoms. The Morgan fingerprint density at radius 3 is 1.73 bits per heavy atom. The molecule has 0 aromatic heterocycles. The van der Waals surface area contributed by atoms with E-state index in [1.807, 2.05) is 67.6 Å². The van der Waals surface area contributed by atoms with Crippen LogP contribution in [0.2, 0.25) is 0 Å². The number of carbonyl (C=O) groups excluding carboxylic acids is 6. The first kappa shape index (κ1) is 48.3. The van der Waals surface area contributed by atoms with Gasteiger partial charge in [0.1, 0.15) is 42.5 Å². The Labute approximate surface area is 376 Å². The average Bonchev–Trinajstić information content (AvgIpc) is 3.50. The number of ether oxygens (including phenoxy) is 9. The van der Waals surface area contributed by atoms with E-state index >= 15 is 0 Å². The zero-order valence-corrected chi connectivity index (χ0v) is 37.7. The summed E-state index contributed by atoms with van der Waals surface area (Å²) < 4.78 is 56.4. The summed E-state index contributed by atoms with van der Waals surface area (Å²) in [5.41, 5.74) is 0.0603. The van der Waals surface area contributed by atoms with Crippen molar-refractivity contribution in [3.63, 3.8) is 0 Å². The maximum absolute atomic E-state index is 14.4. The molecule has 2 fully saturated rings. The summed E-state index contributed by atoms with van der Waals surface area (Å²) in [4.78, 5) is 81.4. The minimum absolute atomic E-state index is 0.0141. The molecule has 0 saturated carbocycles. The van der Waals surface area contributed by atoms with Gasteiger partial charge in [0.05, 0.1) is 36.4 Å². The molecule has 3 heterocycles. The fourth-order valence-corrected chi connectivity index (χ4v) is 8.65. The molecule has 6 rings (SSSR count). The van der Waals surface area contributed by atoms with E-state index < -0.39 is 108 Å². The first-order chi connectivity index (χ1) is 30.6. The van der Waals surface area contributed by atoms with Crippen molar-refractivity contribution in [1.82, 2.24) is 4.90 Å². The molecular weight excluding hydrogens is 851 g/mol. The number of esters is 4. The van der Waals surface area contributed by atoms with Crippen LogP contribution < -0.4 is 0 Å². The van der Waals surface area contributed by atoms with E-state index in [2.05, 4.69) is 0 Å². The molecule has 64 heavy (non-hydrogen) atoms. The number of hydrogen-bond donors (Lipinski definition) is 0. The van der Waals surface area contributed by atoms with Crippen LogP contribution in [0, 0.1) is 5.41 Å². The third kappa shape index (κ3) is 11.7. The second-order valence-electron chi connectivity index (χ2n) is 16.5. The third-order valence-electron chi connectivity index (χ3n) is 10.5. The number of imide groups is 1. The maximum atomic E-state index is 14.4. The van der Waals surface area contributed by atoms with Crippen LogP contribution in [0.5, 0.6) is 0 Å². The van der Waals surface area contributed by atoms with Crippen molar-refractivity contribution >= 4 is 47.5 Å². The predicted octanol–water partition coefficient (Wildman–Crippen LogP) is 5.43. The number of fused-ring (bicyclic) bond motifs is 1. The number of carbonyl (C=O) groups is 6. The van der Waals surface area contributed by atoms with Crippen LogP contribution in [-0.4, -0.2) is 120 Å². The van der Waals surface area contributed by atoms with E-state index in [-0.39, 0.29) is 30.9 Å². The molecule has 3 aliphatic heterocycles. The summed E-state index contributed by atoms with van der Waals surface area (Å²) in [5.74, 6) is -3.69. The monoisotopic (exact) mass is 905 g/mol. The number of nitrogens with zero attached hydrogens (tertiary/aromatic N) is 1. The molecule has 0 spiro atoms. The second-order valence-corrected chi connectivity index (χ2v) is 17.9. The molecule has 2 saturated heterocycles. The highest BCUT2D eigenvalue weighted by molar-refractivity contribution is 7.99. The van der Waals surface area contributed by atoms with Crippen LogP contribution >= 0.6 is 11.8 Å². The van der Waals surface area contributed by atoms with Crippen molar-refractivity contribution in [2.45, 2.75) is 122 Å². The smallest absolute Gasteiger partial charge is 0.311 e. The SMILES string of the molecule is CCS[C@@H]1O[C@H](COCc2ccccc2)[C@@H](O[C@@H]2O[C@H](COC(C)=O)[C@H](OC(C)=O)[C@H](OC(C)=O)[C@H]2OC(=O)C(C)(C)C)[C@H](OCc2ccccc2)[C@H]1N1C(=O)c2ccccc2C1=O. The Bertz CT molecular complexity index is 2080. The number of rotatable bonds is 17. The fraction of sp³-hybridized carbons (Fsp3) is 0.489. The van der Waals surface area contributed by atoms with Crippen LogP contribution in [0.15, 0.2) is 84.9 Å². The van der Waals surface area contributed by atoms with E-state index in [0.717, 1.165) is 29.9 Å². The topological polar surface area (TPSA) is 189 Å². The summed E-state index contributed by atoms with van der Waals surface area (Å²) in [6.07, 6.45) is -11.2. The number of benzene rings is 3. The van der Waals surface area contributed by atoms with Crippen molar-refractivity contribution in [3.8, 4) is 0 Å². The van der Waals surface area contributed by atoms with Gasteiger partial charge in [-0.15, -0.1) is 11.8 Å². The molecule has 2 amide bonds. The molecule has 3 aliphatic rings. The van der Waals surface area contributed by atoms with Gasteiger partial charge < -0.3 is 42.6 Å². The molecular formula is C47H55NO15S. The third-order valence-corrected chi connectivity index (χ3v) is 11.6. The fourth-order valence-electron chi connectivity index (χ4n) is 7.63. The average molecular weight is 906 g/mol. The van der Waals surface area contributed by atoms with Crippen molar-refractivity contribution in [2.75, 3.05) is 19.0 Å². The summed E-state index contributed by atoms with van der Waals surface area (Å²) in [6, 6.07) is 24.1. The number of hydrogen-bond acceptors (Lipinski definition) is 16. The minimum atomic E-state index is -1.69. The van der Waals surface area contributed by atoms with Crippen LogP contribution in [0.4, 0.5) is 0 Å². The highest BCUT2D eigenvalue weighted by atomic mass is 32.2. The van der Waals surface area contributed by atoms with E-state index in [1.54, 1.807) is 45.0 Å². The van der Waals surface area contributed by atoms with Crippen molar-refractivity contribution in [3.05, 3.63) is 107 Å². The van der Waals surface area contributed by atoms with Gasteiger partial charge in [0.15, 0.2) is 24.6 Å². The maximum Gasteiger partial charge on any atom is 0.311 e. The lowest BCUT2D eigenvalue weighted by Gasteiger charge is -2.51. The van der Waals surface area contributed by atoms with Gasteiger partial charge in [0, 0.05) is 20.8 Å². The summed E-state index contributed by atoms with van der Waals surface area (Å²) in [5, 5.41) is 0. The highest BCUT2D eigenvalue weighted by Crippen LogP contribution is 2.41. The first-order valence-corrected chi connectivity index (χ1v) is 22.1. The normalized spacial score (nSPS) is 26.8. The molecule has 3 aromatic carbocycles. The van der Waals surface area contributed by atoms with Crippen LogP contribution in [0.1, 0.15) is 80.3 Å². The quantitative estimate of drug-likeness (QED) is 0.0947. The lowest BCUT2D eigenvalue weighted by molar-refractivity contribution is -0.341. The second kappa shape index (κ2) is 21.7. The molecule has 0 aliphatic carbocycles. The van der Waals surface area contributed by atoms with Crippen molar-refractivity contribution in [1.29, 1.82) is 0 Å². The summed E-state index contributed by atoms with van der Waals surface area (Å²) in [7, 11) is 0. The molecule has 10 atom stereocenters. The first-order valence-electron chi connectivity index (χ1n) is 21.1. The molecule has 0 N–H and O–H groups in total. The highest BCUT2D eigenvalue weighted by Gasteiger charge is 2.59. The van der Waals surface area contributed by atoms with E-state index in [0.29, 0.717) is 5.75 Å². The lowest BCUT2D eigenvalue weighted by atomic mass is 9.94. The molecule has 3 aromatic rings. The van der Waals surface area contributed by atoms with Crippen LogP contribution in [-0.2, 0) is 75.0 Å². The Kier molecular flexibility index (Phi) is 16.4. The zero-order chi connectivity index (χ0) is 46.1. The Morgan fingerprint density at radius 1 is 0.641 bits per heavy atom. The van der Waals surface area contributed by atoms with Gasteiger partial charge in [-0.3, -0.25) is 33.7 Å². The van der Waals surface area contributed by atoms with Crippen LogP contribution in [0.25, 0.3) is 0 Å². The predicted molar refractivity (Wildman–Crippen MR) is 229 cm³/mol. The summed E-state index contributed by atoms with van der Waals surface area (Å²) in [6.45, 7) is 9.73. The molecule has 344 valence electrons. The van der Waals surface area contributed by atoms with E-state index in [9.17, 15) is 28.8 Å². The molecule has 0 bridgehead atoms. The zero-order valence-electron chi connectivity index (χ0n) is 36.9. The van der Waals surface area contributed by atoms with Gasteiger partial charge in [0.25, 0.3) is 11.8 Å². The largest absolute Gasteiger partial charge is 0.463 e. The lowest BCUT2D eigenvalue weighted by Crippen LogP contribution is -2.69. The van der Waals surface area contributed by atoms with Gasteiger partial charge in [-0.25, -0.2) is 0 Å².